The number of amides is 1. The van der Waals surface area contributed by atoms with E-state index in [1.54, 1.807) is 24.7 Å². The van der Waals surface area contributed by atoms with E-state index in [0.29, 0.717) is 16.0 Å². The van der Waals surface area contributed by atoms with E-state index in [2.05, 4.69) is 15.4 Å². The summed E-state index contributed by atoms with van der Waals surface area (Å²) in [5, 5.41) is 9.32. The van der Waals surface area contributed by atoms with Gasteiger partial charge in [0.25, 0.3) is 5.91 Å². The van der Waals surface area contributed by atoms with E-state index in [9.17, 15) is 9.59 Å². The first-order valence-electron chi connectivity index (χ1n) is 6.25. The normalized spacial score (nSPS) is 10.8. The maximum atomic E-state index is 12.4. The summed E-state index contributed by atoms with van der Waals surface area (Å²) in [6, 6.07) is 5.49. The van der Waals surface area contributed by atoms with Gasteiger partial charge in [-0.15, -0.1) is 11.3 Å². The van der Waals surface area contributed by atoms with E-state index < -0.39 is 5.91 Å². The van der Waals surface area contributed by atoms with Gasteiger partial charge in [0, 0.05) is 18.6 Å². The minimum atomic E-state index is -0.547. The molecule has 2 heterocycles. The average molecular weight is 300 g/mol. The quantitative estimate of drug-likeness (QED) is 0.784. The van der Waals surface area contributed by atoms with Gasteiger partial charge in [-0.1, -0.05) is 11.6 Å². The Morgan fingerprint density at radius 1 is 1.38 bits per heavy atom. The van der Waals surface area contributed by atoms with Gasteiger partial charge in [-0.2, -0.15) is 5.10 Å². The van der Waals surface area contributed by atoms with Crippen LogP contribution < -0.4 is 10.7 Å². The first-order valence-corrected chi connectivity index (χ1v) is 7.13. The van der Waals surface area contributed by atoms with Gasteiger partial charge in [0.1, 0.15) is 0 Å². The minimum Gasteiger partial charge on any atom is -0.296 e. The first kappa shape index (κ1) is 13.4. The number of benzene rings is 1. The number of hydrogen-bond acceptors (Lipinski definition) is 5. The monoisotopic (exact) mass is 300 g/mol. The van der Waals surface area contributed by atoms with E-state index >= 15 is 0 Å². The van der Waals surface area contributed by atoms with E-state index in [0.717, 1.165) is 5.56 Å². The number of hydrogen-bond donors (Lipinski definition) is 1. The second-order valence-electron chi connectivity index (χ2n) is 4.61. The third kappa shape index (κ3) is 2.43. The molecule has 0 aliphatic heterocycles. The van der Waals surface area contributed by atoms with Gasteiger partial charge < -0.3 is 0 Å². The Hall–Kier alpha value is -2.54. The average Bonchev–Trinajstić information content (AvgIpc) is 2.95. The molecule has 3 rings (SSSR count). The molecule has 0 spiro atoms. The van der Waals surface area contributed by atoms with Gasteiger partial charge in [0.15, 0.2) is 10.8 Å². The second-order valence-corrected chi connectivity index (χ2v) is 5.51. The molecule has 0 aliphatic rings. The lowest BCUT2D eigenvalue weighted by molar-refractivity contribution is 0.101. The molecule has 0 saturated heterocycles. The van der Waals surface area contributed by atoms with Crippen molar-refractivity contribution in [3.05, 3.63) is 51.3 Å². The summed E-state index contributed by atoms with van der Waals surface area (Å²) in [4.78, 5) is 28.6. The number of rotatable bonds is 2. The largest absolute Gasteiger partial charge is 0.296 e. The molecule has 0 unspecified atom stereocenters. The number of fused-ring (bicyclic) bond motifs is 1. The molecule has 0 saturated carbocycles. The lowest BCUT2D eigenvalue weighted by Gasteiger charge is -2.08. The Kier molecular flexibility index (Phi) is 3.26. The van der Waals surface area contributed by atoms with Crippen molar-refractivity contribution >= 4 is 33.3 Å². The van der Waals surface area contributed by atoms with Gasteiger partial charge in [-0.25, -0.2) is 4.98 Å². The summed E-state index contributed by atoms with van der Waals surface area (Å²) in [6.07, 6.45) is 1.58. The van der Waals surface area contributed by atoms with Crippen LogP contribution in [0.25, 0.3) is 10.9 Å². The fourth-order valence-electron chi connectivity index (χ4n) is 2.08. The van der Waals surface area contributed by atoms with Crippen LogP contribution in [0.1, 0.15) is 16.1 Å². The van der Waals surface area contributed by atoms with Crippen LogP contribution in [-0.4, -0.2) is 20.7 Å². The van der Waals surface area contributed by atoms with Crippen LogP contribution in [0.4, 0.5) is 5.13 Å². The minimum absolute atomic E-state index is 0.134. The topological polar surface area (TPSA) is 76.9 Å². The summed E-state index contributed by atoms with van der Waals surface area (Å²) in [7, 11) is 1.71. The number of nitrogens with one attached hydrogen (secondary N) is 1. The van der Waals surface area contributed by atoms with Crippen molar-refractivity contribution in [2.45, 2.75) is 6.92 Å². The number of aryl methyl sites for hydroxylation is 2. The Morgan fingerprint density at radius 2 is 2.19 bits per heavy atom. The molecule has 0 radical (unpaired) electrons. The second kappa shape index (κ2) is 5.10. The highest BCUT2D eigenvalue weighted by atomic mass is 32.1. The third-order valence-electron chi connectivity index (χ3n) is 3.08. The summed E-state index contributed by atoms with van der Waals surface area (Å²) < 4.78 is 1.53. The predicted molar refractivity (Wildman–Crippen MR) is 81.8 cm³/mol. The fourth-order valence-corrected chi connectivity index (χ4v) is 2.60. The molecule has 1 amide bonds. The molecule has 3 aromatic rings. The van der Waals surface area contributed by atoms with Crippen molar-refractivity contribution in [1.82, 2.24) is 14.8 Å². The molecule has 6 nitrogen and oxygen atoms in total. The number of anilines is 1. The van der Waals surface area contributed by atoms with Crippen molar-refractivity contribution in [1.29, 1.82) is 0 Å². The van der Waals surface area contributed by atoms with Crippen LogP contribution in [0, 0.1) is 6.92 Å². The highest BCUT2D eigenvalue weighted by Gasteiger charge is 2.17. The molecule has 1 aromatic carbocycles. The van der Waals surface area contributed by atoms with Crippen molar-refractivity contribution in [2.75, 3.05) is 5.32 Å². The highest BCUT2D eigenvalue weighted by molar-refractivity contribution is 7.13. The van der Waals surface area contributed by atoms with Gasteiger partial charge >= 0.3 is 0 Å². The molecular formula is C14H12N4O2S. The van der Waals surface area contributed by atoms with Crippen LogP contribution in [0.3, 0.4) is 0 Å². The van der Waals surface area contributed by atoms with Crippen LogP contribution in [0.5, 0.6) is 0 Å². The molecule has 0 fully saturated rings. The molecule has 106 valence electrons. The van der Waals surface area contributed by atoms with E-state index in [1.807, 2.05) is 19.1 Å². The molecule has 2 aromatic heterocycles. The van der Waals surface area contributed by atoms with Gasteiger partial charge in [-0.05, 0) is 19.1 Å². The van der Waals surface area contributed by atoms with Crippen LogP contribution in [-0.2, 0) is 7.05 Å². The van der Waals surface area contributed by atoms with Crippen LogP contribution in [0.2, 0.25) is 0 Å². The lowest BCUT2D eigenvalue weighted by atomic mass is 10.1. The number of carbonyl (C=O) groups is 1. The first-order chi connectivity index (χ1) is 10.1. The number of thiazole rings is 1. The third-order valence-corrected chi connectivity index (χ3v) is 3.77. The number of aromatic nitrogens is 3. The van der Waals surface area contributed by atoms with E-state index in [1.165, 1.54) is 16.0 Å². The lowest BCUT2D eigenvalue weighted by Crippen LogP contribution is -2.26. The SMILES string of the molecule is Cc1ccc2c(c1)c(=O)c(C(=O)Nc1nccs1)nn2C. The van der Waals surface area contributed by atoms with Gasteiger partial charge in [0.2, 0.25) is 5.43 Å². The Bertz CT molecular complexity index is 884. The zero-order chi connectivity index (χ0) is 15.0. The molecule has 0 aliphatic carbocycles. The standard InChI is InChI=1S/C14H12N4O2S/c1-8-3-4-10-9(7-8)12(19)11(17-18(10)2)13(20)16-14-15-5-6-21-14/h3-7H,1-2H3,(H,15,16,20). The molecule has 7 heteroatoms. The predicted octanol–water partition coefficient (Wildman–Crippen LogP) is 1.95. The Morgan fingerprint density at radius 3 is 2.90 bits per heavy atom. The van der Waals surface area contributed by atoms with Crippen molar-refractivity contribution < 1.29 is 4.79 Å². The maximum Gasteiger partial charge on any atom is 0.281 e. The van der Waals surface area contributed by atoms with Crippen LogP contribution in [0.15, 0.2) is 34.6 Å². The van der Waals surface area contributed by atoms with Gasteiger partial charge in [-0.3, -0.25) is 19.6 Å². The van der Waals surface area contributed by atoms with Gasteiger partial charge in [0.05, 0.1) is 10.9 Å². The van der Waals surface area contributed by atoms with Crippen molar-refractivity contribution in [3.8, 4) is 0 Å². The summed E-state index contributed by atoms with van der Waals surface area (Å²) in [5.74, 6) is -0.547. The van der Waals surface area contributed by atoms with Crippen molar-refractivity contribution in [2.24, 2.45) is 7.05 Å². The van der Waals surface area contributed by atoms with Crippen LogP contribution >= 0.6 is 11.3 Å². The zero-order valence-corrected chi connectivity index (χ0v) is 12.3. The Labute approximate surface area is 124 Å². The molecule has 21 heavy (non-hydrogen) atoms. The number of carbonyl (C=O) groups excluding carboxylic acids is 1. The summed E-state index contributed by atoms with van der Waals surface area (Å²) in [5.41, 5.74) is 1.14. The summed E-state index contributed by atoms with van der Waals surface area (Å²) >= 11 is 1.28. The van der Waals surface area contributed by atoms with Crippen molar-refractivity contribution in [3.63, 3.8) is 0 Å². The molecule has 0 bridgehead atoms. The molecular weight excluding hydrogens is 288 g/mol. The Balaban J connectivity index is 2.13. The summed E-state index contributed by atoms with van der Waals surface area (Å²) in [6.45, 7) is 1.90. The van der Waals surface area contributed by atoms with E-state index in [4.69, 9.17) is 0 Å². The molecule has 1 N–H and O–H groups in total. The smallest absolute Gasteiger partial charge is 0.281 e. The maximum absolute atomic E-state index is 12.4. The number of nitrogens with zero attached hydrogens (tertiary/aromatic N) is 3. The fraction of sp³-hybridized carbons (Fsp3) is 0.143. The van der Waals surface area contributed by atoms with E-state index in [-0.39, 0.29) is 11.1 Å². The zero-order valence-electron chi connectivity index (χ0n) is 11.5. The molecule has 0 atom stereocenters. The highest BCUT2D eigenvalue weighted by Crippen LogP contribution is 2.13.